The Balaban J connectivity index is 1.84. The molecule has 1 atom stereocenters. The molecular weight excluding hydrogens is 297 g/mol. The summed E-state index contributed by atoms with van der Waals surface area (Å²) < 4.78 is 14.1. The first-order valence-corrected chi connectivity index (χ1v) is 7.96. The van der Waals surface area contributed by atoms with Gasteiger partial charge in [0.1, 0.15) is 5.82 Å². The van der Waals surface area contributed by atoms with Crippen molar-refractivity contribution < 1.29 is 14.0 Å². The number of nitrogens with zero attached hydrogens (tertiary/aromatic N) is 2. The van der Waals surface area contributed by atoms with E-state index in [-0.39, 0.29) is 17.6 Å². The average Bonchev–Trinajstić information content (AvgIpc) is 3.32. The number of nitrogens with two attached hydrogens (primary N) is 1. The van der Waals surface area contributed by atoms with Gasteiger partial charge in [-0.2, -0.15) is 0 Å². The van der Waals surface area contributed by atoms with Crippen LogP contribution in [0.2, 0.25) is 0 Å². The van der Waals surface area contributed by atoms with Crippen LogP contribution in [0.5, 0.6) is 0 Å². The van der Waals surface area contributed by atoms with Gasteiger partial charge >= 0.3 is 0 Å². The van der Waals surface area contributed by atoms with Crippen molar-refractivity contribution in [1.82, 2.24) is 9.80 Å². The number of likely N-dealkylation sites (N-methyl/N-ethyl adjacent to an activating group) is 1. The molecule has 23 heavy (non-hydrogen) atoms. The van der Waals surface area contributed by atoms with Crippen LogP contribution in [0.3, 0.4) is 0 Å². The number of amides is 2. The third-order valence-corrected chi connectivity index (χ3v) is 4.96. The zero-order valence-electron chi connectivity index (χ0n) is 13.3. The topological polar surface area (TPSA) is 66.6 Å². The van der Waals surface area contributed by atoms with Gasteiger partial charge < -0.3 is 15.5 Å². The summed E-state index contributed by atoms with van der Waals surface area (Å²) in [5.41, 5.74) is 5.17. The maximum atomic E-state index is 14.1. The quantitative estimate of drug-likeness (QED) is 0.893. The third kappa shape index (κ3) is 2.95. The van der Waals surface area contributed by atoms with Gasteiger partial charge in [0.15, 0.2) is 0 Å². The molecule has 2 aliphatic rings. The Morgan fingerprint density at radius 2 is 1.91 bits per heavy atom. The molecule has 6 heteroatoms. The highest BCUT2D eigenvalue weighted by Crippen LogP contribution is 2.50. The molecule has 0 bridgehead atoms. The van der Waals surface area contributed by atoms with Crippen molar-refractivity contribution >= 4 is 11.8 Å². The Kier molecular flexibility index (Phi) is 4.10. The van der Waals surface area contributed by atoms with Crippen molar-refractivity contribution in [3.05, 3.63) is 35.6 Å². The monoisotopic (exact) mass is 319 g/mol. The Morgan fingerprint density at radius 1 is 1.22 bits per heavy atom. The summed E-state index contributed by atoms with van der Waals surface area (Å²) in [5.74, 6) is -1.20. The number of benzene rings is 1. The lowest BCUT2D eigenvalue weighted by atomic mass is 9.93. The van der Waals surface area contributed by atoms with Gasteiger partial charge in [0.05, 0.1) is 11.3 Å². The minimum atomic E-state index is -0.754. The van der Waals surface area contributed by atoms with E-state index in [1.165, 1.54) is 6.07 Å². The number of carbonyl (C=O) groups is 2. The largest absolute Gasteiger partial charge is 0.369 e. The Labute approximate surface area is 135 Å². The molecule has 1 aliphatic carbocycles. The van der Waals surface area contributed by atoms with Gasteiger partial charge in [-0.3, -0.25) is 9.59 Å². The summed E-state index contributed by atoms with van der Waals surface area (Å²) in [4.78, 5) is 28.4. The molecule has 2 N–H and O–H groups in total. The van der Waals surface area contributed by atoms with E-state index in [1.807, 2.05) is 11.9 Å². The second-order valence-electron chi connectivity index (χ2n) is 6.67. The van der Waals surface area contributed by atoms with Crippen LogP contribution in [0.25, 0.3) is 0 Å². The zero-order valence-corrected chi connectivity index (χ0v) is 13.3. The Bertz CT molecular complexity index is 630. The van der Waals surface area contributed by atoms with Gasteiger partial charge in [0, 0.05) is 31.7 Å². The highest BCUT2D eigenvalue weighted by molar-refractivity contribution is 5.92. The van der Waals surface area contributed by atoms with Crippen molar-refractivity contribution in [2.24, 2.45) is 11.7 Å². The van der Waals surface area contributed by atoms with Crippen molar-refractivity contribution in [2.45, 2.75) is 18.3 Å². The molecular formula is C17H22FN3O2. The van der Waals surface area contributed by atoms with Crippen molar-refractivity contribution in [1.29, 1.82) is 0 Å². The molecule has 1 heterocycles. The lowest BCUT2D eigenvalue weighted by Crippen LogP contribution is -2.44. The Morgan fingerprint density at radius 3 is 2.52 bits per heavy atom. The number of rotatable bonds is 3. The standard InChI is InChI=1S/C17H22FN3O2/c1-20-8-9-21(11-12(10-20)15(19)22)16(23)17(6-7-17)13-4-2-3-5-14(13)18/h2-5,12H,6-11H2,1H3,(H2,19,22). The molecule has 3 rings (SSSR count). The summed E-state index contributed by atoms with van der Waals surface area (Å²) in [6, 6.07) is 6.47. The number of primary amides is 1. The first-order valence-electron chi connectivity index (χ1n) is 7.96. The van der Waals surface area contributed by atoms with Crippen LogP contribution in [-0.4, -0.2) is 54.8 Å². The van der Waals surface area contributed by atoms with Gasteiger partial charge in [-0.05, 0) is 26.0 Å². The molecule has 124 valence electrons. The van der Waals surface area contributed by atoms with Crippen molar-refractivity contribution in [3.8, 4) is 0 Å². The van der Waals surface area contributed by atoms with Gasteiger partial charge in [0.2, 0.25) is 11.8 Å². The van der Waals surface area contributed by atoms with Crippen molar-refractivity contribution in [2.75, 3.05) is 33.2 Å². The van der Waals surface area contributed by atoms with Gasteiger partial charge in [-0.1, -0.05) is 18.2 Å². The van der Waals surface area contributed by atoms with Gasteiger partial charge in [-0.25, -0.2) is 4.39 Å². The zero-order chi connectivity index (χ0) is 16.6. The summed E-state index contributed by atoms with van der Waals surface area (Å²) in [7, 11) is 1.91. The van der Waals surface area contributed by atoms with Crippen LogP contribution < -0.4 is 5.73 Å². The van der Waals surface area contributed by atoms with Gasteiger partial charge in [-0.15, -0.1) is 0 Å². The molecule has 1 aromatic rings. The van der Waals surface area contributed by atoms with Crippen LogP contribution in [0.4, 0.5) is 4.39 Å². The lowest BCUT2D eigenvalue weighted by molar-refractivity contribution is -0.135. The number of halogens is 1. The van der Waals surface area contributed by atoms with Crippen LogP contribution in [-0.2, 0) is 15.0 Å². The molecule has 1 saturated carbocycles. The summed E-state index contributed by atoms with van der Waals surface area (Å²) in [5, 5.41) is 0. The first-order chi connectivity index (χ1) is 10.9. The molecule has 1 unspecified atom stereocenters. The summed E-state index contributed by atoms with van der Waals surface area (Å²) >= 11 is 0. The molecule has 0 spiro atoms. The molecule has 0 aromatic heterocycles. The van der Waals surface area contributed by atoms with E-state index in [1.54, 1.807) is 23.1 Å². The number of hydrogen-bond acceptors (Lipinski definition) is 3. The van der Waals surface area contributed by atoms with Gasteiger partial charge in [0.25, 0.3) is 0 Å². The second-order valence-corrected chi connectivity index (χ2v) is 6.67. The highest BCUT2D eigenvalue weighted by atomic mass is 19.1. The third-order valence-electron chi connectivity index (χ3n) is 4.96. The van der Waals surface area contributed by atoms with E-state index in [0.29, 0.717) is 44.6 Å². The van der Waals surface area contributed by atoms with Crippen LogP contribution in [0.1, 0.15) is 18.4 Å². The van der Waals surface area contributed by atoms with Crippen LogP contribution in [0, 0.1) is 11.7 Å². The second kappa shape index (κ2) is 5.92. The van der Waals surface area contributed by atoms with E-state index >= 15 is 0 Å². The number of carbonyl (C=O) groups excluding carboxylic acids is 2. The molecule has 1 aliphatic heterocycles. The Hall–Kier alpha value is -1.95. The van der Waals surface area contributed by atoms with E-state index < -0.39 is 11.3 Å². The van der Waals surface area contributed by atoms with Crippen LogP contribution >= 0.6 is 0 Å². The first kappa shape index (κ1) is 15.9. The van der Waals surface area contributed by atoms with E-state index in [4.69, 9.17) is 5.73 Å². The van der Waals surface area contributed by atoms with E-state index in [9.17, 15) is 14.0 Å². The predicted octanol–water partition coefficient (Wildman–Crippen LogP) is 0.733. The summed E-state index contributed by atoms with van der Waals surface area (Å²) in [6.07, 6.45) is 1.31. The lowest BCUT2D eigenvalue weighted by Gasteiger charge is -2.28. The maximum Gasteiger partial charge on any atom is 0.233 e. The molecule has 0 radical (unpaired) electrons. The molecule has 2 amide bonds. The smallest absolute Gasteiger partial charge is 0.233 e. The fourth-order valence-corrected chi connectivity index (χ4v) is 3.41. The molecule has 5 nitrogen and oxygen atoms in total. The fourth-order valence-electron chi connectivity index (χ4n) is 3.41. The number of hydrogen-bond donors (Lipinski definition) is 1. The highest BCUT2D eigenvalue weighted by Gasteiger charge is 2.54. The molecule has 2 fully saturated rings. The average molecular weight is 319 g/mol. The van der Waals surface area contributed by atoms with E-state index in [0.717, 1.165) is 0 Å². The predicted molar refractivity (Wildman–Crippen MR) is 84.1 cm³/mol. The molecule has 1 aromatic carbocycles. The molecule has 1 saturated heterocycles. The van der Waals surface area contributed by atoms with Crippen LogP contribution in [0.15, 0.2) is 24.3 Å². The van der Waals surface area contributed by atoms with Crippen molar-refractivity contribution in [3.63, 3.8) is 0 Å². The fraction of sp³-hybridized carbons (Fsp3) is 0.529. The summed E-state index contributed by atoms with van der Waals surface area (Å²) in [6.45, 7) is 2.08. The minimum Gasteiger partial charge on any atom is -0.369 e. The van der Waals surface area contributed by atoms with E-state index in [2.05, 4.69) is 0 Å². The SMILES string of the molecule is CN1CCN(C(=O)C2(c3ccccc3F)CC2)CC(C(N)=O)C1. The minimum absolute atomic E-state index is 0.0795. The normalized spacial score (nSPS) is 24.1. The maximum absolute atomic E-state index is 14.1.